The molecule has 100 valence electrons. The number of anilines is 1. The van der Waals surface area contributed by atoms with Gasteiger partial charge in [-0.05, 0) is 25.1 Å². The maximum absolute atomic E-state index is 6.09. The van der Waals surface area contributed by atoms with Gasteiger partial charge in [-0.1, -0.05) is 51.8 Å². The molecule has 2 N–H and O–H groups in total. The van der Waals surface area contributed by atoms with Gasteiger partial charge in [-0.2, -0.15) is 5.10 Å². The van der Waals surface area contributed by atoms with E-state index < -0.39 is 0 Å². The second kappa shape index (κ2) is 5.13. The minimum absolute atomic E-state index is 0.675. The lowest BCUT2D eigenvalue weighted by Gasteiger charge is -2.01. The van der Waals surface area contributed by atoms with Crippen molar-refractivity contribution in [3.8, 4) is 16.9 Å². The number of halogens is 1. The second-order valence-corrected chi connectivity index (χ2v) is 5.64. The zero-order valence-electron chi connectivity index (χ0n) is 11.0. The van der Waals surface area contributed by atoms with Crippen LogP contribution in [0, 0.1) is 6.92 Å². The second-order valence-electron chi connectivity index (χ2n) is 4.72. The Hall–Kier alpha value is -2.07. The average molecular weight is 328 g/mol. The maximum Gasteiger partial charge on any atom is 0.116 e. The summed E-state index contributed by atoms with van der Waals surface area (Å²) in [4.78, 5) is 0. The lowest BCUT2D eigenvalue weighted by atomic mass is 10.1. The monoisotopic (exact) mass is 327 g/mol. The van der Waals surface area contributed by atoms with Gasteiger partial charge >= 0.3 is 0 Å². The first-order valence-corrected chi connectivity index (χ1v) is 7.11. The molecule has 3 nitrogen and oxygen atoms in total. The standard InChI is InChI=1S/C16H14BrN3/c1-11-5-7-12(8-6-11)16-15(18)10-20(19-16)14-4-2-3-13(17)9-14/h2-10H,18H2,1H3. The molecule has 0 bridgehead atoms. The lowest BCUT2D eigenvalue weighted by molar-refractivity contribution is 0.884. The van der Waals surface area contributed by atoms with E-state index in [0.717, 1.165) is 21.4 Å². The van der Waals surface area contributed by atoms with Crippen LogP contribution in [0.2, 0.25) is 0 Å². The summed E-state index contributed by atoms with van der Waals surface area (Å²) in [6.07, 6.45) is 1.84. The highest BCUT2D eigenvalue weighted by molar-refractivity contribution is 9.10. The molecule has 0 atom stereocenters. The number of benzene rings is 2. The van der Waals surface area contributed by atoms with Crippen LogP contribution in [0.1, 0.15) is 5.56 Å². The number of aryl methyl sites for hydroxylation is 1. The number of hydrogen-bond acceptors (Lipinski definition) is 2. The predicted octanol–water partition coefficient (Wildman–Crippen LogP) is 4.19. The molecule has 3 aromatic rings. The number of hydrogen-bond donors (Lipinski definition) is 1. The molecule has 0 aliphatic heterocycles. The third kappa shape index (κ3) is 2.47. The smallest absolute Gasteiger partial charge is 0.116 e. The van der Waals surface area contributed by atoms with Crippen LogP contribution in [0.4, 0.5) is 5.69 Å². The summed E-state index contributed by atoms with van der Waals surface area (Å²) < 4.78 is 2.82. The lowest BCUT2D eigenvalue weighted by Crippen LogP contribution is -1.94. The van der Waals surface area contributed by atoms with Gasteiger partial charge in [-0.3, -0.25) is 0 Å². The Morgan fingerprint density at radius 3 is 2.55 bits per heavy atom. The van der Waals surface area contributed by atoms with E-state index in [2.05, 4.69) is 40.1 Å². The van der Waals surface area contributed by atoms with Crippen LogP contribution < -0.4 is 5.73 Å². The predicted molar refractivity (Wildman–Crippen MR) is 85.8 cm³/mol. The van der Waals surface area contributed by atoms with Gasteiger partial charge in [0.1, 0.15) is 5.69 Å². The molecule has 0 aliphatic rings. The van der Waals surface area contributed by atoms with Crippen LogP contribution in [-0.2, 0) is 0 Å². The zero-order valence-corrected chi connectivity index (χ0v) is 12.6. The van der Waals surface area contributed by atoms with E-state index >= 15 is 0 Å². The van der Waals surface area contributed by atoms with Crippen molar-refractivity contribution in [2.24, 2.45) is 0 Å². The SMILES string of the molecule is Cc1ccc(-c2nn(-c3cccc(Br)c3)cc2N)cc1. The molecule has 0 radical (unpaired) electrons. The first kappa shape index (κ1) is 12.9. The van der Waals surface area contributed by atoms with Crippen molar-refractivity contribution < 1.29 is 0 Å². The van der Waals surface area contributed by atoms with E-state index in [4.69, 9.17) is 5.73 Å². The van der Waals surface area contributed by atoms with Gasteiger partial charge in [0.25, 0.3) is 0 Å². The fourth-order valence-corrected chi connectivity index (χ4v) is 2.46. The summed E-state index contributed by atoms with van der Waals surface area (Å²) in [7, 11) is 0. The van der Waals surface area contributed by atoms with Crippen molar-refractivity contribution in [3.05, 3.63) is 64.8 Å². The van der Waals surface area contributed by atoms with Gasteiger partial charge < -0.3 is 5.73 Å². The first-order valence-electron chi connectivity index (χ1n) is 6.31. The van der Waals surface area contributed by atoms with Gasteiger partial charge in [-0.15, -0.1) is 0 Å². The Morgan fingerprint density at radius 2 is 1.85 bits per heavy atom. The van der Waals surface area contributed by atoms with Crippen molar-refractivity contribution in [1.82, 2.24) is 9.78 Å². The van der Waals surface area contributed by atoms with Crippen LogP contribution >= 0.6 is 15.9 Å². The van der Waals surface area contributed by atoms with Crippen LogP contribution in [0.15, 0.2) is 59.2 Å². The molecule has 3 rings (SSSR count). The molecule has 4 heteroatoms. The Balaban J connectivity index is 2.05. The highest BCUT2D eigenvalue weighted by atomic mass is 79.9. The highest BCUT2D eigenvalue weighted by Crippen LogP contribution is 2.26. The van der Waals surface area contributed by atoms with Crippen molar-refractivity contribution in [2.75, 3.05) is 5.73 Å². The first-order chi connectivity index (χ1) is 9.63. The molecule has 0 spiro atoms. The van der Waals surface area contributed by atoms with Crippen molar-refractivity contribution in [2.45, 2.75) is 6.92 Å². The summed E-state index contributed by atoms with van der Waals surface area (Å²) in [6.45, 7) is 2.06. The van der Waals surface area contributed by atoms with Gasteiger partial charge in [-0.25, -0.2) is 4.68 Å². The number of nitrogen functional groups attached to an aromatic ring is 1. The highest BCUT2D eigenvalue weighted by Gasteiger charge is 2.09. The van der Waals surface area contributed by atoms with Gasteiger partial charge in [0.2, 0.25) is 0 Å². The Morgan fingerprint density at radius 1 is 1.10 bits per heavy atom. The fourth-order valence-electron chi connectivity index (χ4n) is 2.07. The van der Waals surface area contributed by atoms with Crippen LogP contribution in [-0.4, -0.2) is 9.78 Å². The topological polar surface area (TPSA) is 43.8 Å². The molecule has 1 heterocycles. The largest absolute Gasteiger partial charge is 0.396 e. The van der Waals surface area contributed by atoms with Crippen molar-refractivity contribution in [3.63, 3.8) is 0 Å². The summed E-state index contributed by atoms with van der Waals surface area (Å²) in [6, 6.07) is 16.2. The Kier molecular flexibility index (Phi) is 3.32. The van der Waals surface area contributed by atoms with Crippen LogP contribution in [0.5, 0.6) is 0 Å². The quantitative estimate of drug-likeness (QED) is 0.766. The van der Waals surface area contributed by atoms with Gasteiger partial charge in [0, 0.05) is 10.0 Å². The minimum Gasteiger partial charge on any atom is -0.396 e. The normalized spacial score (nSPS) is 10.7. The van der Waals surface area contributed by atoms with Gasteiger partial charge in [0.05, 0.1) is 17.6 Å². The molecular formula is C16H14BrN3. The number of rotatable bonds is 2. The summed E-state index contributed by atoms with van der Waals surface area (Å²) in [5.41, 5.74) is 10.8. The Labute approximate surface area is 126 Å². The summed E-state index contributed by atoms with van der Waals surface area (Å²) in [5, 5.41) is 4.59. The molecule has 20 heavy (non-hydrogen) atoms. The zero-order chi connectivity index (χ0) is 14.1. The van der Waals surface area contributed by atoms with E-state index in [9.17, 15) is 0 Å². The molecular weight excluding hydrogens is 314 g/mol. The van der Waals surface area contributed by atoms with Crippen LogP contribution in [0.25, 0.3) is 16.9 Å². The van der Waals surface area contributed by atoms with Gasteiger partial charge in [0.15, 0.2) is 0 Å². The molecule has 1 aromatic heterocycles. The average Bonchev–Trinajstić information content (AvgIpc) is 2.82. The molecule has 0 unspecified atom stereocenters. The summed E-state index contributed by atoms with van der Waals surface area (Å²) >= 11 is 3.47. The minimum atomic E-state index is 0.675. The molecule has 0 aliphatic carbocycles. The number of nitrogens with zero attached hydrogens (tertiary/aromatic N) is 2. The maximum atomic E-state index is 6.09. The Bertz CT molecular complexity index is 745. The molecule has 0 fully saturated rings. The van der Waals surface area contributed by atoms with Crippen molar-refractivity contribution in [1.29, 1.82) is 0 Å². The van der Waals surface area contributed by atoms with E-state index in [1.807, 2.05) is 42.6 Å². The van der Waals surface area contributed by atoms with E-state index in [-0.39, 0.29) is 0 Å². The molecule has 0 amide bonds. The van der Waals surface area contributed by atoms with Crippen LogP contribution in [0.3, 0.4) is 0 Å². The fraction of sp³-hybridized carbons (Fsp3) is 0.0625. The number of aromatic nitrogens is 2. The van der Waals surface area contributed by atoms with E-state index in [1.54, 1.807) is 4.68 Å². The van der Waals surface area contributed by atoms with E-state index in [1.165, 1.54) is 5.56 Å². The number of nitrogens with two attached hydrogens (primary N) is 1. The molecule has 0 saturated carbocycles. The molecule has 0 saturated heterocycles. The third-order valence-electron chi connectivity index (χ3n) is 3.14. The third-order valence-corrected chi connectivity index (χ3v) is 3.63. The van der Waals surface area contributed by atoms with Crippen molar-refractivity contribution >= 4 is 21.6 Å². The van der Waals surface area contributed by atoms with E-state index in [0.29, 0.717) is 5.69 Å². The molecule has 2 aromatic carbocycles. The summed E-state index contributed by atoms with van der Waals surface area (Å²) in [5.74, 6) is 0.